The molecule has 0 aliphatic carbocycles. The number of rotatable bonds is 5. The van der Waals surface area contributed by atoms with Gasteiger partial charge in [0.2, 0.25) is 0 Å². The summed E-state index contributed by atoms with van der Waals surface area (Å²) in [6.45, 7) is 0. The van der Waals surface area contributed by atoms with Gasteiger partial charge >= 0.3 is 12.1 Å². The van der Waals surface area contributed by atoms with Crippen molar-refractivity contribution in [3.8, 4) is 11.5 Å². The molecular weight excluding hydrogens is 384 g/mol. The molecule has 0 spiro atoms. The highest BCUT2D eigenvalue weighted by Gasteiger charge is 2.20. The van der Waals surface area contributed by atoms with Crippen LogP contribution in [0, 0.1) is 0 Å². The zero-order chi connectivity index (χ0) is 22.3. The van der Waals surface area contributed by atoms with Crippen molar-refractivity contribution in [2.45, 2.75) is 0 Å². The number of nitrogens with zero attached hydrogens (tertiary/aromatic N) is 4. The van der Waals surface area contributed by atoms with Gasteiger partial charge in [0.15, 0.2) is 0 Å². The Kier molecular flexibility index (Phi) is 7.69. The third-order valence-electron chi connectivity index (χ3n) is 4.09. The second kappa shape index (κ2) is 10.2. The van der Waals surface area contributed by atoms with Gasteiger partial charge in [-0.3, -0.25) is 0 Å². The van der Waals surface area contributed by atoms with Crippen LogP contribution in [0.15, 0.2) is 58.5 Å². The molecule has 0 saturated heterocycles. The van der Waals surface area contributed by atoms with Gasteiger partial charge in [-0.15, -0.1) is 0 Å². The van der Waals surface area contributed by atoms with Gasteiger partial charge < -0.3 is 19.3 Å². The quantitative estimate of drug-likeness (QED) is 0.708. The van der Waals surface area contributed by atoms with Crippen LogP contribution in [0.4, 0.5) is 9.59 Å². The average molecular weight is 410 g/mol. The normalized spacial score (nSPS) is 11.7. The van der Waals surface area contributed by atoms with Crippen LogP contribution in [-0.4, -0.2) is 75.7 Å². The van der Waals surface area contributed by atoms with Crippen LogP contribution < -0.4 is 9.47 Å². The van der Waals surface area contributed by atoms with Gasteiger partial charge in [0, 0.05) is 39.3 Å². The summed E-state index contributed by atoms with van der Waals surface area (Å²) in [6, 6.07) is 13.2. The van der Waals surface area contributed by atoms with Gasteiger partial charge in [0.25, 0.3) is 0 Å². The fourth-order valence-electron chi connectivity index (χ4n) is 2.44. The Balaban J connectivity index is 2.79. The molecule has 2 aromatic carbocycles. The maximum Gasteiger partial charge on any atom is 0.343 e. The number of urea groups is 2. The number of methoxy groups -OCH3 is 2. The van der Waals surface area contributed by atoms with E-state index in [-0.39, 0.29) is 11.4 Å². The molecule has 0 atom stereocenters. The minimum absolute atomic E-state index is 0.246. The highest BCUT2D eigenvalue weighted by Crippen LogP contribution is 2.20. The molecule has 0 saturated carbocycles. The van der Waals surface area contributed by atoms with Crippen molar-refractivity contribution in [2.75, 3.05) is 42.4 Å². The van der Waals surface area contributed by atoms with E-state index in [9.17, 15) is 9.59 Å². The molecule has 0 N–H and O–H groups in total. The van der Waals surface area contributed by atoms with Crippen LogP contribution in [0.2, 0.25) is 0 Å². The molecular formula is C22H26N4O4. The van der Waals surface area contributed by atoms with Crippen LogP contribution >= 0.6 is 0 Å². The summed E-state index contributed by atoms with van der Waals surface area (Å²) in [5.41, 5.74) is 1.66. The first kappa shape index (κ1) is 22.6. The standard InChI is InChI=1S/C22H26N4O4/c1-25(2)21(27)23-19(15-9-7-11-17(13-15)29-5)20(24-22(28)26(3)4)16-10-8-12-18(14-16)30-6/h7-14H,1-6H3/b23-19+,24-20+. The molecule has 0 fully saturated rings. The molecule has 0 aliphatic rings. The lowest BCUT2D eigenvalue weighted by atomic mass is 9.99. The van der Waals surface area contributed by atoms with Crippen molar-refractivity contribution in [2.24, 2.45) is 9.98 Å². The van der Waals surface area contributed by atoms with Crippen molar-refractivity contribution in [1.82, 2.24) is 9.80 Å². The maximum absolute atomic E-state index is 12.5. The van der Waals surface area contributed by atoms with Crippen molar-refractivity contribution in [1.29, 1.82) is 0 Å². The van der Waals surface area contributed by atoms with Crippen molar-refractivity contribution in [3.63, 3.8) is 0 Å². The molecule has 8 heteroatoms. The lowest BCUT2D eigenvalue weighted by Crippen LogP contribution is -2.27. The van der Waals surface area contributed by atoms with Crippen LogP contribution in [0.1, 0.15) is 11.1 Å². The van der Waals surface area contributed by atoms with E-state index in [1.165, 1.54) is 9.80 Å². The van der Waals surface area contributed by atoms with Crippen molar-refractivity contribution < 1.29 is 19.1 Å². The smallest absolute Gasteiger partial charge is 0.343 e. The highest BCUT2D eigenvalue weighted by molar-refractivity contribution is 6.55. The van der Waals surface area contributed by atoms with Gasteiger partial charge in [-0.05, 0) is 24.3 Å². The number of aliphatic imine (C=N–C) groups is 2. The first-order valence-electron chi connectivity index (χ1n) is 9.16. The predicted molar refractivity (Wildman–Crippen MR) is 117 cm³/mol. The summed E-state index contributed by atoms with van der Waals surface area (Å²) < 4.78 is 10.6. The molecule has 0 bridgehead atoms. The third-order valence-corrected chi connectivity index (χ3v) is 4.09. The van der Waals surface area contributed by atoms with E-state index in [4.69, 9.17) is 9.47 Å². The number of hydrogen-bond acceptors (Lipinski definition) is 4. The minimum Gasteiger partial charge on any atom is -0.497 e. The Hall–Kier alpha value is -3.68. The lowest BCUT2D eigenvalue weighted by molar-refractivity contribution is 0.226. The molecule has 0 radical (unpaired) electrons. The van der Waals surface area contributed by atoms with E-state index >= 15 is 0 Å². The van der Waals surface area contributed by atoms with Crippen LogP contribution in [0.25, 0.3) is 0 Å². The summed E-state index contributed by atoms with van der Waals surface area (Å²) in [4.78, 5) is 36.2. The number of carbonyl (C=O) groups excluding carboxylic acids is 2. The summed E-state index contributed by atoms with van der Waals surface area (Å²) >= 11 is 0. The Morgan fingerprint density at radius 3 is 1.37 bits per heavy atom. The number of ether oxygens (including phenoxy) is 2. The summed E-state index contributed by atoms with van der Waals surface area (Å²) in [5, 5.41) is 0. The van der Waals surface area contributed by atoms with Crippen LogP contribution in [-0.2, 0) is 0 Å². The monoisotopic (exact) mass is 410 g/mol. The Morgan fingerprint density at radius 1 is 0.700 bits per heavy atom. The van der Waals surface area contributed by atoms with Crippen molar-refractivity contribution >= 4 is 23.5 Å². The van der Waals surface area contributed by atoms with Gasteiger partial charge in [-0.25, -0.2) is 9.59 Å². The van der Waals surface area contributed by atoms with Crippen molar-refractivity contribution in [3.05, 3.63) is 59.7 Å². The molecule has 0 heterocycles. The van der Waals surface area contributed by atoms with E-state index in [1.54, 1.807) is 90.9 Å². The Labute approximate surface area is 176 Å². The minimum atomic E-state index is -0.485. The maximum atomic E-state index is 12.5. The van der Waals surface area contributed by atoms with Crippen LogP contribution in [0.5, 0.6) is 11.5 Å². The SMILES string of the molecule is COc1cccc(C(=N\C(=O)N(C)C)/C(=N/C(=O)N(C)C)c2cccc(OC)c2)c1. The molecule has 30 heavy (non-hydrogen) atoms. The number of carbonyl (C=O) groups is 2. The second-order valence-corrected chi connectivity index (χ2v) is 6.74. The van der Waals surface area contributed by atoms with Gasteiger partial charge in [0.05, 0.1) is 14.2 Å². The van der Waals surface area contributed by atoms with E-state index < -0.39 is 12.1 Å². The fourth-order valence-corrected chi connectivity index (χ4v) is 2.44. The van der Waals surface area contributed by atoms with E-state index in [0.29, 0.717) is 22.6 Å². The van der Waals surface area contributed by atoms with E-state index in [2.05, 4.69) is 9.98 Å². The topological polar surface area (TPSA) is 83.8 Å². The zero-order valence-corrected chi connectivity index (χ0v) is 18.0. The summed E-state index contributed by atoms with van der Waals surface area (Å²) in [6.07, 6.45) is 0. The Morgan fingerprint density at radius 2 is 1.07 bits per heavy atom. The first-order valence-corrected chi connectivity index (χ1v) is 9.16. The fraction of sp³-hybridized carbons (Fsp3) is 0.273. The second-order valence-electron chi connectivity index (χ2n) is 6.74. The van der Waals surface area contributed by atoms with Gasteiger partial charge in [0.1, 0.15) is 22.9 Å². The van der Waals surface area contributed by atoms with Crippen LogP contribution in [0.3, 0.4) is 0 Å². The zero-order valence-electron chi connectivity index (χ0n) is 18.0. The van der Waals surface area contributed by atoms with E-state index in [0.717, 1.165) is 0 Å². The molecule has 4 amide bonds. The molecule has 0 unspecified atom stereocenters. The molecule has 0 aliphatic heterocycles. The Bertz CT molecular complexity index is 901. The number of hydrogen-bond donors (Lipinski definition) is 0. The summed E-state index contributed by atoms with van der Waals surface area (Å²) in [5.74, 6) is 1.17. The molecule has 2 aromatic rings. The molecule has 2 rings (SSSR count). The number of benzene rings is 2. The number of amides is 4. The molecule has 8 nitrogen and oxygen atoms in total. The van der Waals surface area contributed by atoms with Gasteiger partial charge in [-0.2, -0.15) is 9.98 Å². The lowest BCUT2D eigenvalue weighted by Gasteiger charge is -2.15. The van der Waals surface area contributed by atoms with Gasteiger partial charge in [-0.1, -0.05) is 24.3 Å². The largest absolute Gasteiger partial charge is 0.497 e. The summed E-state index contributed by atoms with van der Waals surface area (Å²) in [7, 11) is 9.50. The molecule has 158 valence electrons. The molecule has 0 aromatic heterocycles. The average Bonchev–Trinajstić information content (AvgIpc) is 2.75. The predicted octanol–water partition coefficient (Wildman–Crippen LogP) is 3.35. The highest BCUT2D eigenvalue weighted by atomic mass is 16.5. The third kappa shape index (κ3) is 5.66. The van der Waals surface area contributed by atoms with E-state index in [1.807, 2.05) is 0 Å². The first-order chi connectivity index (χ1) is 14.3.